The molecule has 0 fully saturated rings. The molecule has 0 aromatic rings. The molecule has 0 aliphatic heterocycles. The Labute approximate surface area is 99.3 Å². The van der Waals surface area contributed by atoms with Crippen molar-refractivity contribution in [1.29, 1.82) is 0 Å². The molecule has 0 radical (unpaired) electrons. The highest BCUT2D eigenvalue weighted by Crippen LogP contribution is 2.08. The molecule has 96 valence electrons. The summed E-state index contributed by atoms with van der Waals surface area (Å²) < 4.78 is 5.24. The van der Waals surface area contributed by atoms with Crippen molar-refractivity contribution in [2.24, 2.45) is 0 Å². The molecule has 0 rings (SSSR count). The first kappa shape index (κ1) is 15.2. The second kappa shape index (κ2) is 7.49. The number of hydrogen-bond acceptors (Lipinski definition) is 3. The van der Waals surface area contributed by atoms with Gasteiger partial charge in [-0.2, -0.15) is 0 Å². The fourth-order valence-corrected chi connectivity index (χ4v) is 1.17. The summed E-state index contributed by atoms with van der Waals surface area (Å²) in [7, 11) is 1.77. The molecule has 0 atom stereocenters. The highest BCUT2D eigenvalue weighted by molar-refractivity contribution is 5.67. The van der Waals surface area contributed by atoms with E-state index in [1.54, 1.807) is 11.9 Å². The van der Waals surface area contributed by atoms with Gasteiger partial charge in [0.25, 0.3) is 0 Å². The maximum atomic E-state index is 11.6. The van der Waals surface area contributed by atoms with Crippen molar-refractivity contribution in [2.45, 2.75) is 46.1 Å². The Morgan fingerprint density at radius 2 is 1.94 bits per heavy atom. The van der Waals surface area contributed by atoms with Gasteiger partial charge in [0, 0.05) is 13.6 Å². The van der Waals surface area contributed by atoms with E-state index >= 15 is 0 Å². The lowest BCUT2D eigenvalue weighted by atomic mass is 10.2. The molecular formula is C12H26N2O2. The molecule has 1 N–H and O–H groups in total. The van der Waals surface area contributed by atoms with Gasteiger partial charge >= 0.3 is 6.09 Å². The van der Waals surface area contributed by atoms with E-state index < -0.39 is 5.60 Å². The molecular weight excluding hydrogens is 204 g/mol. The second-order valence-corrected chi connectivity index (χ2v) is 5.01. The molecule has 1 amide bonds. The zero-order valence-electron chi connectivity index (χ0n) is 11.3. The lowest BCUT2D eigenvalue weighted by Crippen LogP contribution is -2.35. The standard InChI is InChI=1S/C12H26N2O2/c1-6-8-13-9-7-10-14(5)11(15)16-12(2,3)4/h13H,6-10H2,1-5H3. The highest BCUT2D eigenvalue weighted by Gasteiger charge is 2.18. The fraction of sp³-hybridized carbons (Fsp3) is 0.917. The second-order valence-electron chi connectivity index (χ2n) is 5.01. The largest absolute Gasteiger partial charge is 0.444 e. The van der Waals surface area contributed by atoms with Crippen molar-refractivity contribution in [3.8, 4) is 0 Å². The lowest BCUT2D eigenvalue weighted by Gasteiger charge is -2.24. The van der Waals surface area contributed by atoms with Crippen LogP contribution in [0.15, 0.2) is 0 Å². The molecule has 0 saturated heterocycles. The first-order chi connectivity index (χ1) is 7.37. The van der Waals surface area contributed by atoms with Gasteiger partial charge in [0.05, 0.1) is 0 Å². The van der Waals surface area contributed by atoms with Crippen LogP contribution in [0.5, 0.6) is 0 Å². The number of carbonyl (C=O) groups excluding carboxylic acids is 1. The van der Waals surface area contributed by atoms with Gasteiger partial charge < -0.3 is 15.0 Å². The number of amides is 1. The highest BCUT2D eigenvalue weighted by atomic mass is 16.6. The van der Waals surface area contributed by atoms with E-state index in [9.17, 15) is 4.79 Å². The van der Waals surface area contributed by atoms with E-state index in [-0.39, 0.29) is 6.09 Å². The topological polar surface area (TPSA) is 41.6 Å². The molecule has 0 bridgehead atoms. The minimum absolute atomic E-state index is 0.247. The van der Waals surface area contributed by atoms with E-state index in [1.807, 2.05) is 20.8 Å². The minimum atomic E-state index is -0.411. The van der Waals surface area contributed by atoms with Crippen LogP contribution in [0.3, 0.4) is 0 Å². The Bertz CT molecular complexity index is 200. The third-order valence-electron chi connectivity index (χ3n) is 1.98. The van der Waals surface area contributed by atoms with E-state index in [4.69, 9.17) is 4.74 Å². The van der Waals surface area contributed by atoms with Gasteiger partial charge in [-0.15, -0.1) is 0 Å². The Morgan fingerprint density at radius 1 is 1.31 bits per heavy atom. The van der Waals surface area contributed by atoms with Crippen LogP contribution in [-0.2, 0) is 4.74 Å². The average molecular weight is 230 g/mol. The summed E-state index contributed by atoms with van der Waals surface area (Å²) in [5.41, 5.74) is -0.411. The molecule has 0 aliphatic carbocycles. The number of carbonyl (C=O) groups is 1. The molecule has 0 aliphatic rings. The van der Waals surface area contributed by atoms with Crippen molar-refractivity contribution in [3.05, 3.63) is 0 Å². The fourth-order valence-electron chi connectivity index (χ4n) is 1.17. The maximum absolute atomic E-state index is 11.6. The SMILES string of the molecule is CCCNCCCN(C)C(=O)OC(C)(C)C. The molecule has 16 heavy (non-hydrogen) atoms. The van der Waals surface area contributed by atoms with Gasteiger partial charge in [0.2, 0.25) is 0 Å². The zero-order chi connectivity index (χ0) is 12.6. The number of nitrogens with one attached hydrogen (secondary N) is 1. The normalized spacial score (nSPS) is 11.3. The summed E-state index contributed by atoms with van der Waals surface area (Å²) >= 11 is 0. The van der Waals surface area contributed by atoms with Gasteiger partial charge in [-0.1, -0.05) is 6.92 Å². The maximum Gasteiger partial charge on any atom is 0.410 e. The molecule has 0 saturated carbocycles. The Morgan fingerprint density at radius 3 is 2.44 bits per heavy atom. The Balaban J connectivity index is 3.64. The van der Waals surface area contributed by atoms with Crippen molar-refractivity contribution < 1.29 is 9.53 Å². The van der Waals surface area contributed by atoms with Crippen LogP contribution in [-0.4, -0.2) is 43.3 Å². The number of nitrogens with zero attached hydrogens (tertiary/aromatic N) is 1. The quantitative estimate of drug-likeness (QED) is 0.712. The predicted molar refractivity (Wildman–Crippen MR) is 66.6 cm³/mol. The summed E-state index contributed by atoms with van der Waals surface area (Å²) in [6.07, 6.45) is 1.85. The lowest BCUT2D eigenvalue weighted by molar-refractivity contribution is 0.0297. The average Bonchev–Trinajstić information content (AvgIpc) is 2.14. The smallest absolute Gasteiger partial charge is 0.410 e. The van der Waals surface area contributed by atoms with Crippen LogP contribution in [0.2, 0.25) is 0 Å². The molecule has 0 unspecified atom stereocenters. The summed E-state index contributed by atoms with van der Waals surface area (Å²) in [5, 5.41) is 3.30. The third-order valence-corrected chi connectivity index (χ3v) is 1.98. The molecule has 0 aromatic carbocycles. The van der Waals surface area contributed by atoms with Crippen molar-refractivity contribution in [2.75, 3.05) is 26.7 Å². The van der Waals surface area contributed by atoms with Crippen molar-refractivity contribution in [3.63, 3.8) is 0 Å². The third kappa shape index (κ3) is 8.53. The molecule has 4 nitrogen and oxygen atoms in total. The van der Waals surface area contributed by atoms with Crippen molar-refractivity contribution >= 4 is 6.09 Å². The number of rotatable bonds is 6. The summed E-state index contributed by atoms with van der Waals surface area (Å²) in [5.74, 6) is 0. The Hall–Kier alpha value is -0.770. The summed E-state index contributed by atoms with van der Waals surface area (Å²) in [4.78, 5) is 13.2. The minimum Gasteiger partial charge on any atom is -0.444 e. The van der Waals surface area contributed by atoms with Gasteiger partial charge in [0.15, 0.2) is 0 Å². The molecule has 0 aromatic heterocycles. The van der Waals surface area contributed by atoms with Crippen LogP contribution in [0.25, 0.3) is 0 Å². The van der Waals surface area contributed by atoms with Crippen molar-refractivity contribution in [1.82, 2.24) is 10.2 Å². The van der Waals surface area contributed by atoms with Gasteiger partial charge in [-0.3, -0.25) is 0 Å². The first-order valence-corrected chi connectivity index (χ1v) is 6.01. The monoisotopic (exact) mass is 230 g/mol. The van der Waals surface area contributed by atoms with Gasteiger partial charge in [0.1, 0.15) is 5.60 Å². The van der Waals surface area contributed by atoms with Crippen LogP contribution >= 0.6 is 0 Å². The van der Waals surface area contributed by atoms with Crippen LogP contribution in [0.1, 0.15) is 40.5 Å². The summed E-state index contributed by atoms with van der Waals surface area (Å²) in [6, 6.07) is 0. The Kier molecular flexibility index (Phi) is 7.13. The summed E-state index contributed by atoms with van der Waals surface area (Å²) in [6.45, 7) is 10.5. The van der Waals surface area contributed by atoms with Crippen LogP contribution in [0.4, 0.5) is 4.79 Å². The van der Waals surface area contributed by atoms with E-state index in [0.717, 1.165) is 32.5 Å². The molecule has 0 spiro atoms. The van der Waals surface area contributed by atoms with E-state index in [0.29, 0.717) is 0 Å². The van der Waals surface area contributed by atoms with E-state index in [2.05, 4.69) is 12.2 Å². The zero-order valence-corrected chi connectivity index (χ0v) is 11.3. The first-order valence-electron chi connectivity index (χ1n) is 6.01. The predicted octanol–water partition coefficient (Wildman–Crippen LogP) is 2.24. The van der Waals surface area contributed by atoms with Crippen LogP contribution < -0.4 is 5.32 Å². The molecule has 0 heterocycles. The number of ether oxygens (including phenoxy) is 1. The van der Waals surface area contributed by atoms with Crippen LogP contribution in [0, 0.1) is 0 Å². The van der Waals surface area contributed by atoms with Gasteiger partial charge in [-0.25, -0.2) is 4.79 Å². The van der Waals surface area contributed by atoms with E-state index in [1.165, 1.54) is 0 Å². The number of hydrogen-bond donors (Lipinski definition) is 1. The van der Waals surface area contributed by atoms with Gasteiger partial charge in [-0.05, 0) is 46.7 Å². The molecule has 4 heteroatoms.